The molecule has 4 nitrogen and oxygen atoms in total. The first kappa shape index (κ1) is 17.1. The second-order valence-electron chi connectivity index (χ2n) is 4.93. The van der Waals surface area contributed by atoms with E-state index in [1.807, 2.05) is 13.8 Å². The zero-order valence-electron chi connectivity index (χ0n) is 12.9. The van der Waals surface area contributed by atoms with Crippen molar-refractivity contribution in [3.8, 4) is 0 Å². The first-order chi connectivity index (χ1) is 10.0. The minimum atomic E-state index is -0.445. The van der Waals surface area contributed by atoms with Gasteiger partial charge < -0.3 is 10.2 Å². The van der Waals surface area contributed by atoms with Crippen LogP contribution in [0.2, 0.25) is 0 Å². The highest BCUT2D eigenvalue weighted by Crippen LogP contribution is 2.18. The van der Waals surface area contributed by atoms with Gasteiger partial charge in [0.25, 0.3) is 0 Å². The summed E-state index contributed by atoms with van der Waals surface area (Å²) >= 11 is 0. The van der Waals surface area contributed by atoms with Crippen LogP contribution in [-0.2, 0) is 9.59 Å². The van der Waals surface area contributed by atoms with Crippen molar-refractivity contribution >= 4 is 17.5 Å². The van der Waals surface area contributed by atoms with Gasteiger partial charge in [-0.2, -0.15) is 0 Å². The molecule has 0 saturated heterocycles. The summed E-state index contributed by atoms with van der Waals surface area (Å²) in [5, 5.41) is 2.80. The maximum atomic E-state index is 13.7. The Morgan fingerprint density at radius 1 is 1.24 bits per heavy atom. The van der Waals surface area contributed by atoms with Gasteiger partial charge >= 0.3 is 0 Å². The molecule has 0 spiro atoms. The molecule has 0 fully saturated rings. The maximum Gasteiger partial charge on any atom is 0.224 e. The Bertz CT molecular complexity index is 487. The third-order valence-corrected chi connectivity index (χ3v) is 3.51. The summed E-state index contributed by atoms with van der Waals surface area (Å²) in [7, 11) is 0. The molecule has 0 radical (unpaired) electrons. The molecule has 1 aromatic carbocycles. The minimum absolute atomic E-state index is 0.00996. The van der Waals surface area contributed by atoms with E-state index in [9.17, 15) is 14.0 Å². The predicted molar refractivity (Wildman–Crippen MR) is 81.5 cm³/mol. The van der Waals surface area contributed by atoms with Gasteiger partial charge in [-0.05, 0) is 25.0 Å². The second kappa shape index (κ2) is 8.39. The van der Waals surface area contributed by atoms with Crippen molar-refractivity contribution in [1.82, 2.24) is 5.32 Å². The van der Waals surface area contributed by atoms with Crippen LogP contribution in [0.15, 0.2) is 24.3 Å². The fourth-order valence-corrected chi connectivity index (χ4v) is 2.21. The van der Waals surface area contributed by atoms with Crippen LogP contribution in [0.25, 0.3) is 0 Å². The summed E-state index contributed by atoms with van der Waals surface area (Å²) in [6.07, 6.45) is 1.57. The highest BCUT2D eigenvalue weighted by atomic mass is 19.1. The summed E-state index contributed by atoms with van der Waals surface area (Å²) in [5.74, 6) is -0.725. The number of hydrogen-bond acceptors (Lipinski definition) is 2. The van der Waals surface area contributed by atoms with Gasteiger partial charge in [0.2, 0.25) is 11.8 Å². The fraction of sp³-hybridized carbons (Fsp3) is 0.500. The molecule has 0 aliphatic rings. The number of halogens is 1. The predicted octanol–water partition coefficient (Wildman–Crippen LogP) is 2.73. The Hall–Kier alpha value is -1.91. The van der Waals surface area contributed by atoms with Crippen molar-refractivity contribution in [3.63, 3.8) is 0 Å². The lowest BCUT2D eigenvalue weighted by atomic mass is 10.0. The molecule has 0 bridgehead atoms. The molecule has 2 amide bonds. The highest BCUT2D eigenvalue weighted by Gasteiger charge is 2.17. The van der Waals surface area contributed by atoms with E-state index in [1.165, 1.54) is 17.9 Å². The lowest BCUT2D eigenvalue weighted by Gasteiger charge is -2.22. The zero-order valence-corrected chi connectivity index (χ0v) is 12.9. The summed E-state index contributed by atoms with van der Waals surface area (Å²) in [6, 6.07) is 6.12. The number of rotatable bonds is 7. The molecule has 116 valence electrons. The van der Waals surface area contributed by atoms with Gasteiger partial charge in [-0.3, -0.25) is 9.59 Å². The van der Waals surface area contributed by atoms with Crippen LogP contribution in [0.4, 0.5) is 10.1 Å². The number of anilines is 1. The lowest BCUT2D eigenvalue weighted by Crippen LogP contribution is -2.39. The standard InChI is InChI=1S/C16H23FN2O2/c1-4-13(5-2)16(21)18-10-11-19(12(3)20)15-9-7-6-8-14(15)17/h6-9,13H,4-5,10-11H2,1-3H3,(H,18,21). The van der Waals surface area contributed by atoms with Crippen LogP contribution in [0, 0.1) is 11.7 Å². The van der Waals surface area contributed by atoms with Crippen LogP contribution in [0.5, 0.6) is 0 Å². The van der Waals surface area contributed by atoms with Crippen LogP contribution < -0.4 is 10.2 Å². The van der Waals surface area contributed by atoms with Crippen molar-refractivity contribution in [1.29, 1.82) is 0 Å². The Labute approximate surface area is 125 Å². The molecule has 1 aromatic rings. The number of para-hydroxylation sites is 1. The van der Waals surface area contributed by atoms with Gasteiger partial charge in [0.05, 0.1) is 5.69 Å². The molecule has 21 heavy (non-hydrogen) atoms. The van der Waals surface area contributed by atoms with E-state index >= 15 is 0 Å². The van der Waals surface area contributed by atoms with Crippen LogP contribution in [-0.4, -0.2) is 24.9 Å². The third-order valence-electron chi connectivity index (χ3n) is 3.51. The van der Waals surface area contributed by atoms with Crippen LogP contribution in [0.1, 0.15) is 33.6 Å². The molecule has 0 aromatic heterocycles. The van der Waals surface area contributed by atoms with E-state index in [0.29, 0.717) is 6.54 Å². The van der Waals surface area contributed by atoms with Gasteiger partial charge in [0.1, 0.15) is 5.82 Å². The Balaban J connectivity index is 2.64. The average molecular weight is 294 g/mol. The zero-order chi connectivity index (χ0) is 15.8. The van der Waals surface area contributed by atoms with Crippen LogP contribution >= 0.6 is 0 Å². The number of carbonyl (C=O) groups excluding carboxylic acids is 2. The number of carbonyl (C=O) groups is 2. The summed E-state index contributed by atoms with van der Waals surface area (Å²) in [6.45, 7) is 5.88. The SMILES string of the molecule is CCC(CC)C(=O)NCCN(C(C)=O)c1ccccc1F. The number of hydrogen-bond donors (Lipinski definition) is 1. The molecule has 1 rings (SSSR count). The van der Waals surface area contributed by atoms with Gasteiger partial charge in [0, 0.05) is 25.9 Å². The fourth-order valence-electron chi connectivity index (χ4n) is 2.21. The first-order valence-corrected chi connectivity index (χ1v) is 7.31. The summed E-state index contributed by atoms with van der Waals surface area (Å²) < 4.78 is 13.7. The molecular formula is C16H23FN2O2. The number of benzene rings is 1. The largest absolute Gasteiger partial charge is 0.354 e. The first-order valence-electron chi connectivity index (χ1n) is 7.31. The van der Waals surface area contributed by atoms with E-state index in [0.717, 1.165) is 12.8 Å². The number of amides is 2. The smallest absolute Gasteiger partial charge is 0.224 e. The third kappa shape index (κ3) is 4.85. The van der Waals surface area contributed by atoms with Gasteiger partial charge in [-0.25, -0.2) is 4.39 Å². The van der Waals surface area contributed by atoms with Crippen LogP contribution in [0.3, 0.4) is 0 Å². The average Bonchev–Trinajstić information content (AvgIpc) is 2.45. The van der Waals surface area contributed by atoms with Crippen molar-refractivity contribution in [2.75, 3.05) is 18.0 Å². The van der Waals surface area contributed by atoms with Crippen molar-refractivity contribution in [3.05, 3.63) is 30.1 Å². The Morgan fingerprint density at radius 2 is 1.86 bits per heavy atom. The molecule has 1 N–H and O–H groups in total. The van der Waals surface area contributed by atoms with Gasteiger partial charge in [-0.15, -0.1) is 0 Å². The van der Waals surface area contributed by atoms with Crippen molar-refractivity contribution in [2.45, 2.75) is 33.6 Å². The molecule has 0 aliphatic carbocycles. The van der Waals surface area contributed by atoms with Gasteiger partial charge in [-0.1, -0.05) is 26.0 Å². The van der Waals surface area contributed by atoms with E-state index in [1.54, 1.807) is 18.2 Å². The Kier molecular flexibility index (Phi) is 6.85. The lowest BCUT2D eigenvalue weighted by molar-refractivity contribution is -0.125. The van der Waals surface area contributed by atoms with Gasteiger partial charge in [0.15, 0.2) is 0 Å². The Morgan fingerprint density at radius 3 is 2.38 bits per heavy atom. The molecular weight excluding hydrogens is 271 g/mol. The van der Waals surface area contributed by atoms with E-state index in [4.69, 9.17) is 0 Å². The summed E-state index contributed by atoms with van der Waals surface area (Å²) in [4.78, 5) is 24.9. The second-order valence-corrected chi connectivity index (χ2v) is 4.93. The highest BCUT2D eigenvalue weighted by molar-refractivity contribution is 5.91. The molecule has 0 aliphatic heterocycles. The van der Waals surface area contributed by atoms with Crippen molar-refractivity contribution in [2.24, 2.45) is 5.92 Å². The monoisotopic (exact) mass is 294 g/mol. The quantitative estimate of drug-likeness (QED) is 0.840. The molecule has 0 heterocycles. The number of nitrogens with one attached hydrogen (secondary N) is 1. The molecule has 0 unspecified atom stereocenters. The molecule has 0 atom stereocenters. The molecule has 5 heteroatoms. The topological polar surface area (TPSA) is 49.4 Å². The maximum absolute atomic E-state index is 13.7. The van der Waals surface area contributed by atoms with E-state index < -0.39 is 5.82 Å². The van der Waals surface area contributed by atoms with E-state index in [2.05, 4.69) is 5.32 Å². The summed E-state index contributed by atoms with van der Waals surface area (Å²) in [5.41, 5.74) is 0.238. The minimum Gasteiger partial charge on any atom is -0.354 e. The van der Waals surface area contributed by atoms with Crippen molar-refractivity contribution < 1.29 is 14.0 Å². The normalized spacial score (nSPS) is 10.5. The number of nitrogens with zero attached hydrogens (tertiary/aromatic N) is 1. The molecule has 0 saturated carbocycles. The van der Waals surface area contributed by atoms with E-state index in [-0.39, 0.29) is 30.0 Å².